The van der Waals surface area contributed by atoms with Gasteiger partial charge in [0.15, 0.2) is 5.17 Å². The van der Waals surface area contributed by atoms with E-state index < -0.39 is 6.41 Å². The summed E-state index contributed by atoms with van der Waals surface area (Å²) in [4.78, 5) is 0. The van der Waals surface area contributed by atoms with Gasteiger partial charge in [-0.1, -0.05) is 41.0 Å². The summed E-state index contributed by atoms with van der Waals surface area (Å²) in [5, 5.41) is 30.8. The highest BCUT2D eigenvalue weighted by Crippen LogP contribution is 2.07. The summed E-state index contributed by atoms with van der Waals surface area (Å²) in [5.41, 5.74) is 1.45. The molecule has 0 radical (unpaired) electrons. The number of rotatable bonds is 4. The molecule has 0 unspecified atom stereocenters. The van der Waals surface area contributed by atoms with Crippen LogP contribution < -0.4 is 5.32 Å². The molecule has 15 heavy (non-hydrogen) atoms. The van der Waals surface area contributed by atoms with Gasteiger partial charge in [-0.2, -0.15) is 0 Å². The summed E-state index contributed by atoms with van der Waals surface area (Å²) in [7, 11) is 0. The van der Waals surface area contributed by atoms with Crippen LogP contribution in [0, 0.1) is 0 Å². The monoisotopic (exact) mass is 230 g/mol. The molecule has 0 atom stereocenters. The molecule has 0 heterocycles. The standard InChI is InChI=1S/C9H11ClN2O3/c10-8(12-15)7-3-1-6(2-4-7)5-11-9(13)14/h1-4,9,11,13-15H,5H2/b12-8-. The van der Waals surface area contributed by atoms with Crippen LogP contribution in [0.5, 0.6) is 0 Å². The zero-order valence-electron chi connectivity index (χ0n) is 7.76. The van der Waals surface area contributed by atoms with Crippen LogP contribution in [0.2, 0.25) is 0 Å². The Morgan fingerprint density at radius 1 is 1.33 bits per heavy atom. The third kappa shape index (κ3) is 3.85. The first kappa shape index (κ1) is 11.9. The van der Waals surface area contributed by atoms with E-state index in [2.05, 4.69) is 10.5 Å². The number of aliphatic hydroxyl groups excluding tert-OH is 1. The van der Waals surface area contributed by atoms with Crippen LogP contribution in [0.1, 0.15) is 11.1 Å². The van der Waals surface area contributed by atoms with E-state index in [1.807, 2.05) is 0 Å². The molecule has 0 aliphatic heterocycles. The Kier molecular flexibility index (Phi) is 4.51. The van der Waals surface area contributed by atoms with Crippen LogP contribution in [-0.2, 0) is 6.54 Å². The summed E-state index contributed by atoms with van der Waals surface area (Å²) >= 11 is 5.57. The van der Waals surface area contributed by atoms with Gasteiger partial charge in [0.05, 0.1) is 0 Å². The zero-order chi connectivity index (χ0) is 11.3. The third-order valence-electron chi connectivity index (χ3n) is 1.77. The number of nitrogens with zero attached hydrogens (tertiary/aromatic N) is 1. The maximum atomic E-state index is 8.57. The van der Waals surface area contributed by atoms with Crippen molar-refractivity contribution in [2.24, 2.45) is 5.16 Å². The molecular weight excluding hydrogens is 220 g/mol. The van der Waals surface area contributed by atoms with E-state index in [0.29, 0.717) is 12.1 Å². The summed E-state index contributed by atoms with van der Waals surface area (Å²) in [6.45, 7) is 0.325. The van der Waals surface area contributed by atoms with Gasteiger partial charge in [-0.15, -0.1) is 0 Å². The quantitative estimate of drug-likeness (QED) is 0.261. The van der Waals surface area contributed by atoms with E-state index in [1.165, 1.54) is 0 Å². The number of nitrogens with one attached hydrogen (secondary N) is 1. The van der Waals surface area contributed by atoms with E-state index in [0.717, 1.165) is 5.56 Å². The van der Waals surface area contributed by atoms with E-state index in [4.69, 9.17) is 27.0 Å². The molecule has 0 saturated carbocycles. The minimum absolute atomic E-state index is 0.0108. The highest BCUT2D eigenvalue weighted by atomic mass is 35.5. The van der Waals surface area contributed by atoms with Crippen LogP contribution in [0.4, 0.5) is 0 Å². The van der Waals surface area contributed by atoms with Crippen molar-refractivity contribution in [3.63, 3.8) is 0 Å². The van der Waals surface area contributed by atoms with Crippen LogP contribution >= 0.6 is 11.6 Å². The molecule has 1 aromatic rings. The summed E-state index contributed by atoms with van der Waals surface area (Å²) in [6, 6.07) is 6.81. The molecule has 82 valence electrons. The fraction of sp³-hybridized carbons (Fsp3) is 0.222. The Hall–Kier alpha value is -1.14. The first-order valence-corrected chi connectivity index (χ1v) is 4.57. The van der Waals surface area contributed by atoms with Gasteiger partial charge in [0.1, 0.15) is 0 Å². The molecule has 0 fully saturated rings. The fourth-order valence-corrected chi connectivity index (χ4v) is 1.15. The first-order valence-electron chi connectivity index (χ1n) is 4.20. The molecule has 0 bridgehead atoms. The van der Waals surface area contributed by atoms with Crippen LogP contribution in [0.3, 0.4) is 0 Å². The smallest absolute Gasteiger partial charge is 0.211 e. The zero-order valence-corrected chi connectivity index (χ0v) is 8.52. The second kappa shape index (κ2) is 5.67. The Balaban J connectivity index is 2.64. The SMILES string of the molecule is O/N=C(\Cl)c1ccc(CNC(O)O)cc1. The molecule has 1 rings (SSSR count). The van der Waals surface area contributed by atoms with Crippen molar-refractivity contribution >= 4 is 16.8 Å². The van der Waals surface area contributed by atoms with E-state index in [1.54, 1.807) is 24.3 Å². The van der Waals surface area contributed by atoms with Crippen molar-refractivity contribution in [3.05, 3.63) is 35.4 Å². The van der Waals surface area contributed by atoms with Crippen molar-refractivity contribution in [1.29, 1.82) is 0 Å². The van der Waals surface area contributed by atoms with Crippen LogP contribution in [0.25, 0.3) is 0 Å². The molecule has 0 aromatic heterocycles. The summed E-state index contributed by atoms with van der Waals surface area (Å²) < 4.78 is 0. The van der Waals surface area contributed by atoms with Crippen LogP contribution in [-0.4, -0.2) is 27.0 Å². The Labute approximate surface area is 91.6 Å². The third-order valence-corrected chi connectivity index (χ3v) is 2.06. The van der Waals surface area contributed by atoms with Gasteiger partial charge >= 0.3 is 0 Å². The molecule has 0 amide bonds. The van der Waals surface area contributed by atoms with E-state index >= 15 is 0 Å². The van der Waals surface area contributed by atoms with Crippen molar-refractivity contribution in [3.8, 4) is 0 Å². The Morgan fingerprint density at radius 3 is 2.40 bits per heavy atom. The van der Waals surface area contributed by atoms with Crippen LogP contribution in [0.15, 0.2) is 29.4 Å². The number of oxime groups is 1. The number of aliphatic hydroxyl groups is 2. The van der Waals surface area contributed by atoms with Gasteiger partial charge in [0.25, 0.3) is 0 Å². The number of halogens is 1. The number of hydrogen-bond donors (Lipinski definition) is 4. The van der Waals surface area contributed by atoms with Crippen molar-refractivity contribution in [1.82, 2.24) is 5.32 Å². The fourth-order valence-electron chi connectivity index (χ4n) is 1.03. The first-order chi connectivity index (χ1) is 7.13. The van der Waals surface area contributed by atoms with Gasteiger partial charge < -0.3 is 15.4 Å². The Bertz CT molecular complexity index is 338. The average molecular weight is 231 g/mol. The second-order valence-electron chi connectivity index (χ2n) is 2.84. The number of benzene rings is 1. The lowest BCUT2D eigenvalue weighted by Gasteiger charge is -2.06. The van der Waals surface area contributed by atoms with E-state index in [9.17, 15) is 0 Å². The van der Waals surface area contributed by atoms with Crippen molar-refractivity contribution in [2.75, 3.05) is 0 Å². The summed E-state index contributed by atoms with van der Waals surface area (Å²) in [6.07, 6.45) is -1.53. The lowest BCUT2D eigenvalue weighted by molar-refractivity contribution is -0.0671. The predicted octanol–water partition coefficient (Wildman–Crippen LogP) is 0.419. The highest BCUT2D eigenvalue weighted by Gasteiger charge is 2.01. The predicted molar refractivity (Wildman–Crippen MR) is 55.7 cm³/mol. The molecule has 4 N–H and O–H groups in total. The summed E-state index contributed by atoms with van der Waals surface area (Å²) in [5.74, 6) is 0. The molecule has 0 aliphatic rings. The molecular formula is C9H11ClN2O3. The highest BCUT2D eigenvalue weighted by molar-refractivity contribution is 6.69. The molecule has 6 heteroatoms. The topological polar surface area (TPSA) is 85.1 Å². The average Bonchev–Trinajstić information content (AvgIpc) is 2.26. The molecule has 0 aliphatic carbocycles. The van der Waals surface area contributed by atoms with Gasteiger partial charge in [0, 0.05) is 12.1 Å². The van der Waals surface area contributed by atoms with Gasteiger partial charge in [-0.3, -0.25) is 5.32 Å². The minimum Gasteiger partial charge on any atom is -0.410 e. The Morgan fingerprint density at radius 2 is 1.93 bits per heavy atom. The maximum Gasteiger partial charge on any atom is 0.211 e. The van der Waals surface area contributed by atoms with Gasteiger partial charge in [-0.05, 0) is 5.56 Å². The molecule has 0 spiro atoms. The van der Waals surface area contributed by atoms with E-state index in [-0.39, 0.29) is 5.17 Å². The normalized spacial score (nSPS) is 12.1. The van der Waals surface area contributed by atoms with Gasteiger partial charge in [0.2, 0.25) is 6.41 Å². The lowest BCUT2D eigenvalue weighted by Crippen LogP contribution is -2.27. The largest absolute Gasteiger partial charge is 0.410 e. The van der Waals surface area contributed by atoms with Crippen molar-refractivity contribution in [2.45, 2.75) is 13.0 Å². The van der Waals surface area contributed by atoms with Crippen molar-refractivity contribution < 1.29 is 15.4 Å². The second-order valence-corrected chi connectivity index (χ2v) is 3.20. The van der Waals surface area contributed by atoms with Gasteiger partial charge in [-0.25, -0.2) is 0 Å². The molecule has 0 saturated heterocycles. The molecule has 5 nitrogen and oxygen atoms in total. The minimum atomic E-state index is -1.53. The lowest BCUT2D eigenvalue weighted by atomic mass is 10.1. The number of hydrogen-bond acceptors (Lipinski definition) is 5. The molecule has 1 aromatic carbocycles. The maximum absolute atomic E-state index is 8.57.